The van der Waals surface area contributed by atoms with Gasteiger partial charge in [-0.3, -0.25) is 4.79 Å². The third-order valence-electron chi connectivity index (χ3n) is 2.89. The summed E-state index contributed by atoms with van der Waals surface area (Å²) in [4.78, 5) is 12.2. The fourth-order valence-electron chi connectivity index (χ4n) is 1.75. The summed E-state index contributed by atoms with van der Waals surface area (Å²) in [5, 5.41) is 2.75. The van der Waals surface area contributed by atoms with Gasteiger partial charge in [0.05, 0.1) is 0 Å². The zero-order valence-electron chi connectivity index (χ0n) is 11.4. The number of thioether (sulfide) groups is 1. The third-order valence-corrected chi connectivity index (χ3v) is 3.61. The summed E-state index contributed by atoms with van der Waals surface area (Å²) in [5.74, 6) is -2.07. The first-order valence-electron chi connectivity index (χ1n) is 6.56. The summed E-state index contributed by atoms with van der Waals surface area (Å²) in [6.07, 6.45) is 2.14. The number of anilines is 1. The van der Waals surface area contributed by atoms with E-state index in [0.717, 1.165) is 12.8 Å². The van der Waals surface area contributed by atoms with Gasteiger partial charge in [-0.25, -0.2) is 0 Å². The lowest BCUT2D eigenvalue weighted by atomic mass is 10.0. The van der Waals surface area contributed by atoms with Gasteiger partial charge in [0.25, 0.3) is 5.76 Å². The Hall–Kier alpha value is -1.14. The maximum absolute atomic E-state index is 12.2. The van der Waals surface area contributed by atoms with Crippen molar-refractivity contribution >= 4 is 23.4 Å². The molecule has 0 heterocycles. The smallest absolute Gasteiger partial charge is 0.288 e. The molecule has 3 nitrogen and oxygen atoms in total. The zero-order chi connectivity index (χ0) is 15.0. The molecule has 6 heteroatoms. The first kappa shape index (κ1) is 16.9. The standard InChI is InChI=1S/C14H20F2N2OS/c1-10(8-9-17)2-7-13(19)18-11-3-5-12(6-4-11)20-14(15)16/h3-6,10,14H,2,7-9,17H2,1H3,(H,18,19). The molecule has 0 spiro atoms. The van der Waals surface area contributed by atoms with Gasteiger partial charge < -0.3 is 11.1 Å². The first-order chi connectivity index (χ1) is 9.51. The fraction of sp³-hybridized carbons (Fsp3) is 0.500. The van der Waals surface area contributed by atoms with Gasteiger partial charge in [0, 0.05) is 17.0 Å². The molecule has 112 valence electrons. The fourth-order valence-corrected chi connectivity index (χ4v) is 2.25. The topological polar surface area (TPSA) is 55.1 Å². The number of carbonyl (C=O) groups excluding carboxylic acids is 1. The van der Waals surface area contributed by atoms with E-state index in [-0.39, 0.29) is 5.91 Å². The van der Waals surface area contributed by atoms with Crippen molar-refractivity contribution in [2.45, 2.75) is 36.8 Å². The van der Waals surface area contributed by atoms with Crippen LogP contribution in [0.15, 0.2) is 29.2 Å². The summed E-state index contributed by atoms with van der Waals surface area (Å²) < 4.78 is 24.3. The number of rotatable bonds is 8. The van der Waals surface area contributed by atoms with Crippen molar-refractivity contribution in [1.29, 1.82) is 0 Å². The highest BCUT2D eigenvalue weighted by Crippen LogP contribution is 2.26. The Kier molecular flexibility index (Phi) is 7.54. The highest BCUT2D eigenvalue weighted by atomic mass is 32.2. The average Bonchev–Trinajstić information content (AvgIpc) is 2.38. The molecule has 0 aliphatic rings. The summed E-state index contributed by atoms with van der Waals surface area (Å²) in [7, 11) is 0. The van der Waals surface area contributed by atoms with Crippen LogP contribution in [0.25, 0.3) is 0 Å². The molecular formula is C14H20F2N2OS. The average molecular weight is 302 g/mol. The second-order valence-electron chi connectivity index (χ2n) is 4.67. The molecule has 0 saturated heterocycles. The summed E-state index contributed by atoms with van der Waals surface area (Å²) >= 11 is 0.488. The monoisotopic (exact) mass is 302 g/mol. The van der Waals surface area contributed by atoms with E-state index in [9.17, 15) is 13.6 Å². The van der Waals surface area contributed by atoms with Crippen molar-refractivity contribution in [3.8, 4) is 0 Å². The number of nitrogens with one attached hydrogen (secondary N) is 1. The Balaban J connectivity index is 2.38. The predicted octanol–water partition coefficient (Wildman–Crippen LogP) is 3.70. The lowest BCUT2D eigenvalue weighted by molar-refractivity contribution is -0.116. The molecule has 1 atom stereocenters. The van der Waals surface area contributed by atoms with E-state index in [1.54, 1.807) is 24.3 Å². The largest absolute Gasteiger partial charge is 0.330 e. The van der Waals surface area contributed by atoms with Gasteiger partial charge in [-0.2, -0.15) is 8.78 Å². The minimum atomic E-state index is -2.43. The predicted molar refractivity (Wildman–Crippen MR) is 79.0 cm³/mol. The van der Waals surface area contributed by atoms with Gasteiger partial charge in [0.1, 0.15) is 0 Å². The molecule has 0 fully saturated rings. The Labute approximate surface area is 122 Å². The van der Waals surface area contributed by atoms with Crippen LogP contribution in [0, 0.1) is 5.92 Å². The van der Waals surface area contributed by atoms with Gasteiger partial charge in [-0.05, 0) is 49.6 Å². The maximum Gasteiger partial charge on any atom is 0.288 e. The molecule has 1 rings (SSSR count). The second-order valence-corrected chi connectivity index (χ2v) is 5.74. The van der Waals surface area contributed by atoms with E-state index in [1.807, 2.05) is 0 Å². The van der Waals surface area contributed by atoms with Gasteiger partial charge in [-0.1, -0.05) is 18.7 Å². The van der Waals surface area contributed by atoms with Crippen molar-refractivity contribution in [1.82, 2.24) is 0 Å². The molecule has 1 aromatic carbocycles. The zero-order valence-corrected chi connectivity index (χ0v) is 12.3. The molecule has 0 aliphatic carbocycles. The number of carbonyl (C=O) groups is 1. The number of benzene rings is 1. The molecule has 0 bridgehead atoms. The van der Waals surface area contributed by atoms with E-state index in [1.165, 1.54) is 0 Å². The molecule has 1 aromatic rings. The molecule has 0 saturated carbocycles. The molecule has 20 heavy (non-hydrogen) atoms. The molecular weight excluding hydrogens is 282 g/mol. The van der Waals surface area contributed by atoms with Crippen molar-refractivity contribution in [2.24, 2.45) is 11.7 Å². The lowest BCUT2D eigenvalue weighted by Gasteiger charge is -2.10. The van der Waals surface area contributed by atoms with E-state index >= 15 is 0 Å². The Bertz CT molecular complexity index is 412. The molecule has 1 amide bonds. The summed E-state index contributed by atoms with van der Waals surface area (Å²) in [5.41, 5.74) is 6.08. The van der Waals surface area contributed by atoms with Crippen LogP contribution in [0.3, 0.4) is 0 Å². The summed E-state index contributed by atoms with van der Waals surface area (Å²) in [6.45, 7) is 2.70. The minimum Gasteiger partial charge on any atom is -0.330 e. The molecule has 0 aliphatic heterocycles. The van der Waals surface area contributed by atoms with Crippen molar-refractivity contribution < 1.29 is 13.6 Å². The highest BCUT2D eigenvalue weighted by Gasteiger charge is 2.08. The number of hydrogen-bond acceptors (Lipinski definition) is 3. The first-order valence-corrected chi connectivity index (χ1v) is 7.44. The SMILES string of the molecule is CC(CCN)CCC(=O)Nc1ccc(SC(F)F)cc1. The number of amides is 1. The Morgan fingerprint density at radius 1 is 1.30 bits per heavy atom. The number of hydrogen-bond donors (Lipinski definition) is 2. The second kappa shape index (κ2) is 8.92. The third kappa shape index (κ3) is 6.86. The number of alkyl halides is 2. The molecule has 1 unspecified atom stereocenters. The van der Waals surface area contributed by atoms with E-state index in [4.69, 9.17) is 5.73 Å². The Morgan fingerprint density at radius 3 is 2.50 bits per heavy atom. The van der Waals surface area contributed by atoms with Gasteiger partial charge >= 0.3 is 0 Å². The van der Waals surface area contributed by atoms with Gasteiger partial charge in [-0.15, -0.1) is 0 Å². The summed E-state index contributed by atoms with van der Waals surface area (Å²) in [6, 6.07) is 6.41. The molecule has 0 radical (unpaired) electrons. The van der Waals surface area contributed by atoms with Gasteiger partial charge in [0.15, 0.2) is 0 Å². The maximum atomic E-state index is 12.2. The van der Waals surface area contributed by atoms with Crippen LogP contribution in [0.1, 0.15) is 26.2 Å². The Morgan fingerprint density at radius 2 is 1.95 bits per heavy atom. The van der Waals surface area contributed by atoms with Crippen molar-refractivity contribution in [3.05, 3.63) is 24.3 Å². The molecule has 0 aromatic heterocycles. The van der Waals surface area contributed by atoms with E-state index in [2.05, 4.69) is 12.2 Å². The van der Waals surface area contributed by atoms with Crippen LogP contribution >= 0.6 is 11.8 Å². The van der Waals surface area contributed by atoms with Gasteiger partial charge in [0.2, 0.25) is 5.91 Å². The van der Waals surface area contributed by atoms with Crippen LogP contribution < -0.4 is 11.1 Å². The van der Waals surface area contributed by atoms with Crippen LogP contribution in [0.4, 0.5) is 14.5 Å². The van der Waals surface area contributed by atoms with Crippen LogP contribution in [0.5, 0.6) is 0 Å². The van der Waals surface area contributed by atoms with Crippen molar-refractivity contribution in [3.63, 3.8) is 0 Å². The van der Waals surface area contributed by atoms with Crippen LogP contribution in [0.2, 0.25) is 0 Å². The number of nitrogens with two attached hydrogens (primary N) is 1. The normalized spacial score (nSPS) is 12.4. The van der Waals surface area contributed by atoms with Crippen LogP contribution in [-0.4, -0.2) is 18.2 Å². The quantitative estimate of drug-likeness (QED) is 0.720. The highest BCUT2D eigenvalue weighted by molar-refractivity contribution is 7.99. The lowest BCUT2D eigenvalue weighted by Crippen LogP contribution is -2.14. The van der Waals surface area contributed by atoms with E-state index < -0.39 is 5.76 Å². The van der Waals surface area contributed by atoms with Crippen molar-refractivity contribution in [2.75, 3.05) is 11.9 Å². The minimum absolute atomic E-state index is 0.0665. The van der Waals surface area contributed by atoms with Crippen LogP contribution in [-0.2, 0) is 4.79 Å². The van der Waals surface area contributed by atoms with E-state index in [0.29, 0.717) is 41.2 Å². The molecule has 3 N–H and O–H groups in total. The number of halogens is 2.